The molecule has 0 aliphatic carbocycles. The molecular formula is C23H21N3O3S. The first-order valence-corrected chi connectivity index (χ1v) is 11.0. The number of benzene rings is 3. The van der Waals surface area contributed by atoms with Crippen molar-refractivity contribution in [1.29, 1.82) is 0 Å². The first-order valence-electron chi connectivity index (χ1n) is 9.44. The summed E-state index contributed by atoms with van der Waals surface area (Å²) < 4.78 is 22.9. The second-order valence-electron chi connectivity index (χ2n) is 7.03. The van der Waals surface area contributed by atoms with E-state index in [1.54, 1.807) is 18.3 Å². The lowest BCUT2D eigenvalue weighted by molar-refractivity contribution is 0.0943. The van der Waals surface area contributed by atoms with Crippen LogP contribution in [0.15, 0.2) is 90.0 Å². The van der Waals surface area contributed by atoms with E-state index in [1.807, 2.05) is 54.6 Å². The fourth-order valence-electron chi connectivity index (χ4n) is 3.46. The summed E-state index contributed by atoms with van der Waals surface area (Å²) in [5.41, 5.74) is 3.23. The van der Waals surface area contributed by atoms with E-state index in [0.717, 1.165) is 22.0 Å². The highest BCUT2D eigenvalue weighted by molar-refractivity contribution is 7.89. The Kier molecular flexibility index (Phi) is 5.50. The molecule has 152 valence electrons. The Morgan fingerprint density at radius 2 is 1.60 bits per heavy atom. The third-order valence-corrected chi connectivity index (χ3v) is 5.94. The smallest absolute Gasteiger partial charge is 0.238 e. The molecule has 30 heavy (non-hydrogen) atoms. The van der Waals surface area contributed by atoms with Crippen LogP contribution in [0.5, 0.6) is 0 Å². The van der Waals surface area contributed by atoms with E-state index >= 15 is 0 Å². The molecule has 7 heteroatoms. The van der Waals surface area contributed by atoms with Crippen molar-refractivity contribution < 1.29 is 13.2 Å². The van der Waals surface area contributed by atoms with E-state index < -0.39 is 16.1 Å². The Labute approximate surface area is 174 Å². The molecule has 1 heterocycles. The molecule has 1 aromatic heterocycles. The summed E-state index contributed by atoms with van der Waals surface area (Å²) in [6, 6.07) is 23.0. The zero-order valence-electron chi connectivity index (χ0n) is 16.1. The molecule has 4 N–H and O–H groups in total. The number of ketones is 1. The average Bonchev–Trinajstić information content (AvgIpc) is 3.18. The van der Waals surface area contributed by atoms with Crippen molar-refractivity contribution in [3.63, 3.8) is 0 Å². The van der Waals surface area contributed by atoms with Gasteiger partial charge < -0.3 is 4.98 Å². The summed E-state index contributed by atoms with van der Waals surface area (Å²) in [5.74, 6) is -0.0418. The molecule has 0 spiro atoms. The number of fused-ring (bicyclic) bond motifs is 1. The topological polar surface area (TPSA) is 105 Å². The minimum Gasteiger partial charge on any atom is -0.360 e. The van der Waals surface area contributed by atoms with Gasteiger partial charge in [-0.05, 0) is 29.3 Å². The largest absolute Gasteiger partial charge is 0.360 e. The molecule has 0 aliphatic rings. The van der Waals surface area contributed by atoms with Crippen LogP contribution in [-0.4, -0.2) is 19.2 Å². The first kappa shape index (κ1) is 20.0. The van der Waals surface area contributed by atoms with Crippen molar-refractivity contribution >= 4 is 26.7 Å². The van der Waals surface area contributed by atoms with Crippen LogP contribution in [0.1, 0.15) is 27.5 Å². The number of carbonyl (C=O) groups is 1. The SMILES string of the molecule is NS(=O)(=O)c1ccc(CN[C@@H](C(=O)c2c[nH]c3ccccc23)c2ccccc2)cc1. The number of para-hydroxylation sites is 1. The number of rotatable bonds is 7. The van der Waals surface area contributed by atoms with E-state index in [4.69, 9.17) is 5.14 Å². The Bertz CT molecular complexity index is 1280. The minimum atomic E-state index is -3.74. The third kappa shape index (κ3) is 4.18. The molecule has 4 rings (SSSR count). The number of aromatic nitrogens is 1. The van der Waals surface area contributed by atoms with Gasteiger partial charge in [0.2, 0.25) is 10.0 Å². The Morgan fingerprint density at radius 3 is 2.30 bits per heavy atom. The van der Waals surface area contributed by atoms with Crippen LogP contribution in [0.25, 0.3) is 10.9 Å². The van der Waals surface area contributed by atoms with Crippen LogP contribution < -0.4 is 10.5 Å². The Morgan fingerprint density at radius 1 is 0.933 bits per heavy atom. The molecule has 1 atom stereocenters. The summed E-state index contributed by atoms with van der Waals surface area (Å²) in [5, 5.41) is 9.35. The van der Waals surface area contributed by atoms with Crippen LogP contribution in [0.4, 0.5) is 0 Å². The van der Waals surface area contributed by atoms with Gasteiger partial charge in [-0.25, -0.2) is 13.6 Å². The maximum atomic E-state index is 13.4. The highest BCUT2D eigenvalue weighted by atomic mass is 32.2. The first-order chi connectivity index (χ1) is 14.4. The van der Waals surface area contributed by atoms with Crippen LogP contribution in [-0.2, 0) is 16.6 Å². The number of hydrogen-bond acceptors (Lipinski definition) is 4. The maximum absolute atomic E-state index is 13.4. The predicted molar refractivity (Wildman–Crippen MR) is 116 cm³/mol. The number of carbonyl (C=O) groups excluding carboxylic acids is 1. The zero-order chi connectivity index (χ0) is 21.1. The molecule has 0 aliphatic heterocycles. The summed E-state index contributed by atoms with van der Waals surface area (Å²) in [6.45, 7) is 0.387. The second kappa shape index (κ2) is 8.23. The number of sulfonamides is 1. The lowest BCUT2D eigenvalue weighted by atomic mass is 9.96. The summed E-state index contributed by atoms with van der Waals surface area (Å²) in [6.07, 6.45) is 1.74. The monoisotopic (exact) mass is 419 g/mol. The van der Waals surface area contributed by atoms with Gasteiger partial charge >= 0.3 is 0 Å². The van der Waals surface area contributed by atoms with Crippen molar-refractivity contribution in [2.24, 2.45) is 5.14 Å². The van der Waals surface area contributed by atoms with Gasteiger partial charge in [-0.2, -0.15) is 0 Å². The lowest BCUT2D eigenvalue weighted by Crippen LogP contribution is -2.28. The van der Waals surface area contributed by atoms with E-state index in [0.29, 0.717) is 12.1 Å². The molecule has 0 bridgehead atoms. The number of Topliss-reactive ketones (excluding diaryl/α,β-unsaturated/α-hetero) is 1. The summed E-state index contributed by atoms with van der Waals surface area (Å²) in [4.78, 5) is 16.7. The van der Waals surface area contributed by atoms with Gasteiger partial charge in [-0.3, -0.25) is 10.1 Å². The number of nitrogens with one attached hydrogen (secondary N) is 2. The van der Waals surface area contributed by atoms with Crippen LogP contribution in [0, 0.1) is 0 Å². The molecule has 0 saturated carbocycles. The van der Waals surface area contributed by atoms with Gasteiger partial charge in [0.05, 0.1) is 10.9 Å². The number of aromatic amines is 1. The molecule has 0 radical (unpaired) electrons. The fraction of sp³-hybridized carbons (Fsp3) is 0.0870. The molecule has 0 amide bonds. The molecule has 0 saturated heterocycles. The van der Waals surface area contributed by atoms with Crippen LogP contribution in [0.2, 0.25) is 0 Å². The van der Waals surface area contributed by atoms with Crippen LogP contribution in [0.3, 0.4) is 0 Å². The number of nitrogens with two attached hydrogens (primary N) is 1. The van der Waals surface area contributed by atoms with Crippen molar-refractivity contribution in [3.8, 4) is 0 Å². The number of primary sulfonamides is 1. The van der Waals surface area contributed by atoms with Gasteiger partial charge in [-0.1, -0.05) is 60.7 Å². The molecule has 3 aromatic carbocycles. The zero-order valence-corrected chi connectivity index (χ0v) is 16.9. The van der Waals surface area contributed by atoms with E-state index in [2.05, 4.69) is 10.3 Å². The lowest BCUT2D eigenvalue weighted by Gasteiger charge is -2.18. The molecule has 4 aromatic rings. The highest BCUT2D eigenvalue weighted by Gasteiger charge is 2.24. The van der Waals surface area contributed by atoms with Crippen molar-refractivity contribution in [1.82, 2.24) is 10.3 Å². The van der Waals surface area contributed by atoms with E-state index in [-0.39, 0.29) is 10.7 Å². The Hall–Kier alpha value is -3.26. The minimum absolute atomic E-state index is 0.0418. The van der Waals surface area contributed by atoms with Gasteiger partial charge in [-0.15, -0.1) is 0 Å². The van der Waals surface area contributed by atoms with E-state index in [1.165, 1.54) is 12.1 Å². The standard InChI is InChI=1S/C23H21N3O3S/c24-30(28,29)18-12-10-16(11-13-18)14-26-22(17-6-2-1-3-7-17)23(27)20-15-25-21-9-5-4-8-19(20)21/h1-13,15,22,25-26H,14H2,(H2,24,28,29)/t22-/m1/s1. The normalized spacial score (nSPS) is 12.7. The fourth-order valence-corrected chi connectivity index (χ4v) is 3.97. The number of H-pyrrole nitrogens is 1. The van der Waals surface area contributed by atoms with E-state index in [9.17, 15) is 13.2 Å². The highest BCUT2D eigenvalue weighted by Crippen LogP contribution is 2.25. The van der Waals surface area contributed by atoms with Crippen LogP contribution >= 0.6 is 0 Å². The van der Waals surface area contributed by atoms with Gasteiger partial charge in [0.15, 0.2) is 5.78 Å². The maximum Gasteiger partial charge on any atom is 0.238 e. The predicted octanol–water partition coefficient (Wildman–Crippen LogP) is 3.53. The molecule has 0 unspecified atom stereocenters. The van der Waals surface area contributed by atoms with Gasteiger partial charge in [0.1, 0.15) is 0 Å². The Balaban J connectivity index is 1.62. The average molecular weight is 420 g/mol. The molecule has 0 fully saturated rings. The van der Waals surface area contributed by atoms with Gasteiger partial charge in [0.25, 0.3) is 0 Å². The summed E-state index contributed by atoms with van der Waals surface area (Å²) >= 11 is 0. The number of hydrogen-bond donors (Lipinski definition) is 3. The molecule has 6 nitrogen and oxygen atoms in total. The second-order valence-corrected chi connectivity index (χ2v) is 8.59. The van der Waals surface area contributed by atoms with Crippen molar-refractivity contribution in [3.05, 3.63) is 102 Å². The summed E-state index contributed by atoms with van der Waals surface area (Å²) in [7, 11) is -3.74. The quantitative estimate of drug-likeness (QED) is 0.399. The third-order valence-electron chi connectivity index (χ3n) is 5.01. The molecular weight excluding hydrogens is 398 g/mol. The van der Waals surface area contributed by atoms with Crippen molar-refractivity contribution in [2.45, 2.75) is 17.5 Å². The van der Waals surface area contributed by atoms with Gasteiger partial charge in [0, 0.05) is 29.2 Å². The van der Waals surface area contributed by atoms with Crippen molar-refractivity contribution in [2.75, 3.05) is 0 Å².